The van der Waals surface area contributed by atoms with Crippen LogP contribution in [0.25, 0.3) is 0 Å². The zero-order chi connectivity index (χ0) is 11.4. The lowest BCUT2D eigenvalue weighted by atomic mass is 10.2. The normalized spacial score (nSPS) is 19.6. The third-order valence-electron chi connectivity index (χ3n) is 2.36. The minimum absolute atomic E-state index is 0.0960. The average molecular weight is 222 g/mol. The van der Waals surface area contributed by atoms with Gasteiger partial charge in [-0.25, -0.2) is 0 Å². The van der Waals surface area contributed by atoms with E-state index in [-0.39, 0.29) is 18.5 Å². The molecule has 5 heteroatoms. The van der Waals surface area contributed by atoms with Crippen LogP contribution in [0, 0.1) is 0 Å². The molecule has 2 rings (SSSR count). The van der Waals surface area contributed by atoms with Crippen LogP contribution in [-0.2, 0) is 20.7 Å². The van der Waals surface area contributed by atoms with Gasteiger partial charge in [-0.2, -0.15) is 0 Å². The molecule has 0 aromatic carbocycles. The molecule has 16 heavy (non-hydrogen) atoms. The molecule has 86 valence electrons. The Balaban J connectivity index is 1.84. The van der Waals surface area contributed by atoms with Crippen LogP contribution in [0.4, 0.5) is 5.69 Å². The van der Waals surface area contributed by atoms with Gasteiger partial charge in [-0.1, -0.05) is 0 Å². The number of ether oxygens (including phenoxy) is 2. The lowest BCUT2D eigenvalue weighted by molar-refractivity contribution is -0.148. The second-order valence-corrected chi connectivity index (χ2v) is 3.74. The second kappa shape index (κ2) is 4.94. The summed E-state index contributed by atoms with van der Waals surface area (Å²) in [5, 5.41) is 0. The lowest BCUT2D eigenvalue weighted by Gasteiger charge is -2.09. The molecule has 2 N–H and O–H groups in total. The number of aromatic nitrogens is 1. The van der Waals surface area contributed by atoms with Crippen LogP contribution in [0.1, 0.15) is 12.1 Å². The molecule has 5 nitrogen and oxygen atoms in total. The summed E-state index contributed by atoms with van der Waals surface area (Å²) in [6.07, 6.45) is 2.39. The second-order valence-electron chi connectivity index (χ2n) is 3.74. The van der Waals surface area contributed by atoms with E-state index in [4.69, 9.17) is 15.2 Å². The molecule has 1 aromatic heterocycles. The number of carbonyl (C=O) groups is 1. The first-order valence-corrected chi connectivity index (χ1v) is 5.21. The maximum absolute atomic E-state index is 11.5. The average Bonchev–Trinajstić information content (AvgIpc) is 2.74. The van der Waals surface area contributed by atoms with E-state index in [1.807, 2.05) is 0 Å². The third-order valence-corrected chi connectivity index (χ3v) is 2.36. The Morgan fingerprint density at radius 2 is 2.50 bits per heavy atom. The van der Waals surface area contributed by atoms with E-state index < -0.39 is 0 Å². The molecule has 1 unspecified atom stereocenters. The van der Waals surface area contributed by atoms with E-state index in [1.54, 1.807) is 12.1 Å². The van der Waals surface area contributed by atoms with Crippen LogP contribution in [0.2, 0.25) is 0 Å². The molecular weight excluding hydrogens is 208 g/mol. The molecule has 0 spiro atoms. The van der Waals surface area contributed by atoms with Crippen molar-refractivity contribution < 1.29 is 14.3 Å². The van der Waals surface area contributed by atoms with Gasteiger partial charge < -0.3 is 15.2 Å². The summed E-state index contributed by atoms with van der Waals surface area (Å²) in [5.41, 5.74) is 6.74. The summed E-state index contributed by atoms with van der Waals surface area (Å²) in [6.45, 7) is 1.17. The molecule has 0 saturated carbocycles. The van der Waals surface area contributed by atoms with E-state index in [0.717, 1.165) is 6.42 Å². The summed E-state index contributed by atoms with van der Waals surface area (Å²) in [6, 6.07) is 3.44. The molecule has 0 radical (unpaired) electrons. The van der Waals surface area contributed by atoms with E-state index in [1.165, 1.54) is 6.20 Å². The van der Waals surface area contributed by atoms with Gasteiger partial charge in [0.05, 0.1) is 37.2 Å². The van der Waals surface area contributed by atoms with Crippen LogP contribution in [-0.4, -0.2) is 30.3 Å². The van der Waals surface area contributed by atoms with E-state index in [0.29, 0.717) is 24.6 Å². The predicted molar refractivity (Wildman–Crippen MR) is 57.7 cm³/mol. The summed E-state index contributed by atoms with van der Waals surface area (Å²) < 4.78 is 10.3. The minimum atomic E-state index is -0.271. The fourth-order valence-corrected chi connectivity index (χ4v) is 1.52. The standard InChI is InChI=1S/C11H14N2O3/c12-8-1-2-9(13-6-8)5-11(14)16-10-3-4-15-7-10/h1-2,6,10H,3-5,7,12H2. The molecule has 1 aromatic rings. The fourth-order valence-electron chi connectivity index (χ4n) is 1.52. The Morgan fingerprint density at radius 3 is 3.12 bits per heavy atom. The topological polar surface area (TPSA) is 74.4 Å². The highest BCUT2D eigenvalue weighted by atomic mass is 16.6. The van der Waals surface area contributed by atoms with E-state index >= 15 is 0 Å². The maximum atomic E-state index is 11.5. The summed E-state index contributed by atoms with van der Waals surface area (Å²) in [4.78, 5) is 15.5. The van der Waals surface area contributed by atoms with Crippen molar-refractivity contribution in [3.8, 4) is 0 Å². The molecule has 1 aliphatic rings. The molecule has 0 aliphatic carbocycles. The van der Waals surface area contributed by atoms with Crippen molar-refractivity contribution >= 4 is 11.7 Å². The van der Waals surface area contributed by atoms with Gasteiger partial charge in [-0.15, -0.1) is 0 Å². The molecule has 1 fully saturated rings. The number of nitrogens with zero attached hydrogens (tertiary/aromatic N) is 1. The van der Waals surface area contributed by atoms with Crippen LogP contribution >= 0.6 is 0 Å². The van der Waals surface area contributed by atoms with Gasteiger partial charge in [0.1, 0.15) is 6.10 Å². The number of rotatable bonds is 3. The molecular formula is C11H14N2O3. The summed E-state index contributed by atoms with van der Waals surface area (Å²) >= 11 is 0. The SMILES string of the molecule is Nc1ccc(CC(=O)OC2CCOC2)nc1. The van der Waals surface area contributed by atoms with Gasteiger partial charge in [0, 0.05) is 6.42 Å². The Labute approximate surface area is 93.6 Å². The number of nitrogen functional groups attached to an aromatic ring is 1. The number of nitrogens with two attached hydrogens (primary N) is 1. The fraction of sp³-hybridized carbons (Fsp3) is 0.455. The van der Waals surface area contributed by atoms with Crippen molar-refractivity contribution in [3.63, 3.8) is 0 Å². The van der Waals surface area contributed by atoms with Gasteiger partial charge >= 0.3 is 5.97 Å². The largest absolute Gasteiger partial charge is 0.460 e. The van der Waals surface area contributed by atoms with Gasteiger partial charge in [0.2, 0.25) is 0 Å². The zero-order valence-corrected chi connectivity index (χ0v) is 8.89. The van der Waals surface area contributed by atoms with Crippen LogP contribution in [0.5, 0.6) is 0 Å². The Kier molecular flexibility index (Phi) is 3.36. The van der Waals surface area contributed by atoms with E-state index in [2.05, 4.69) is 4.98 Å². The van der Waals surface area contributed by atoms with Crippen molar-refractivity contribution in [3.05, 3.63) is 24.0 Å². The van der Waals surface area contributed by atoms with Crippen LogP contribution in [0.15, 0.2) is 18.3 Å². The first-order valence-electron chi connectivity index (χ1n) is 5.21. The molecule has 1 saturated heterocycles. The molecule has 0 amide bonds. The summed E-state index contributed by atoms with van der Waals surface area (Å²) in [7, 11) is 0. The van der Waals surface area contributed by atoms with Gasteiger partial charge in [0.15, 0.2) is 0 Å². The number of pyridine rings is 1. The number of esters is 1. The number of carbonyl (C=O) groups excluding carboxylic acids is 1. The van der Waals surface area contributed by atoms with Crippen molar-refractivity contribution in [2.75, 3.05) is 18.9 Å². The smallest absolute Gasteiger partial charge is 0.312 e. The Morgan fingerprint density at radius 1 is 1.62 bits per heavy atom. The van der Waals surface area contributed by atoms with Crippen LogP contribution in [0.3, 0.4) is 0 Å². The lowest BCUT2D eigenvalue weighted by Crippen LogP contribution is -2.19. The van der Waals surface area contributed by atoms with Crippen molar-refractivity contribution in [1.82, 2.24) is 4.98 Å². The van der Waals surface area contributed by atoms with Crippen molar-refractivity contribution in [2.24, 2.45) is 0 Å². The first kappa shape index (κ1) is 10.9. The predicted octanol–water partition coefficient (Wildman–Crippen LogP) is 0.538. The highest BCUT2D eigenvalue weighted by Crippen LogP contribution is 2.10. The van der Waals surface area contributed by atoms with Gasteiger partial charge in [-0.3, -0.25) is 9.78 Å². The highest BCUT2D eigenvalue weighted by molar-refractivity contribution is 5.72. The highest BCUT2D eigenvalue weighted by Gasteiger charge is 2.20. The van der Waals surface area contributed by atoms with Crippen LogP contribution < -0.4 is 5.73 Å². The number of hydrogen-bond donors (Lipinski definition) is 1. The van der Waals surface area contributed by atoms with Gasteiger partial charge in [0.25, 0.3) is 0 Å². The third kappa shape index (κ3) is 2.93. The maximum Gasteiger partial charge on any atom is 0.312 e. The first-order chi connectivity index (χ1) is 7.74. The number of anilines is 1. The molecule has 0 bridgehead atoms. The Bertz CT molecular complexity index is 358. The van der Waals surface area contributed by atoms with Crippen molar-refractivity contribution in [1.29, 1.82) is 0 Å². The van der Waals surface area contributed by atoms with E-state index in [9.17, 15) is 4.79 Å². The number of hydrogen-bond acceptors (Lipinski definition) is 5. The van der Waals surface area contributed by atoms with Crippen molar-refractivity contribution in [2.45, 2.75) is 18.9 Å². The van der Waals surface area contributed by atoms with Gasteiger partial charge in [-0.05, 0) is 12.1 Å². The minimum Gasteiger partial charge on any atom is -0.460 e. The molecule has 1 atom stereocenters. The zero-order valence-electron chi connectivity index (χ0n) is 8.89. The monoisotopic (exact) mass is 222 g/mol. The molecule has 2 heterocycles. The molecule has 1 aliphatic heterocycles. The Hall–Kier alpha value is -1.62. The summed E-state index contributed by atoms with van der Waals surface area (Å²) in [5.74, 6) is -0.271. The quantitative estimate of drug-likeness (QED) is 0.755.